The summed E-state index contributed by atoms with van der Waals surface area (Å²) in [6.07, 6.45) is 1.94. The van der Waals surface area contributed by atoms with Crippen molar-refractivity contribution in [3.63, 3.8) is 0 Å². The van der Waals surface area contributed by atoms with Crippen molar-refractivity contribution in [1.29, 1.82) is 0 Å². The Hall–Kier alpha value is -1.32. The molecule has 78 valence electrons. The molecule has 1 heterocycles. The average molecular weight is 196 g/mol. The maximum Gasteiger partial charge on any atom is 0.310 e. The molecule has 0 amide bonds. The second kappa shape index (κ2) is 4.26. The molecule has 0 aliphatic heterocycles. The van der Waals surface area contributed by atoms with Gasteiger partial charge in [0.15, 0.2) is 0 Å². The van der Waals surface area contributed by atoms with Crippen molar-refractivity contribution in [1.82, 2.24) is 9.78 Å². The highest BCUT2D eigenvalue weighted by Crippen LogP contribution is 2.07. The number of rotatable bonds is 3. The fourth-order valence-corrected chi connectivity index (χ4v) is 1.27. The Morgan fingerprint density at radius 2 is 2.29 bits per heavy atom. The van der Waals surface area contributed by atoms with E-state index in [0.717, 1.165) is 11.3 Å². The van der Waals surface area contributed by atoms with Crippen LogP contribution in [-0.4, -0.2) is 22.9 Å². The molecule has 0 saturated carbocycles. The van der Waals surface area contributed by atoms with E-state index < -0.39 is 0 Å². The van der Waals surface area contributed by atoms with E-state index in [2.05, 4.69) is 9.84 Å². The first-order valence-corrected chi connectivity index (χ1v) is 4.63. The lowest BCUT2D eigenvalue weighted by Crippen LogP contribution is -2.19. The largest absolute Gasteiger partial charge is 0.469 e. The second-order valence-electron chi connectivity index (χ2n) is 3.54. The topological polar surface area (TPSA) is 44.1 Å². The molecular weight excluding hydrogens is 180 g/mol. The van der Waals surface area contributed by atoms with E-state index in [1.165, 1.54) is 7.11 Å². The van der Waals surface area contributed by atoms with E-state index in [1.54, 1.807) is 4.68 Å². The fourth-order valence-electron chi connectivity index (χ4n) is 1.27. The lowest BCUT2D eigenvalue weighted by atomic mass is 10.2. The van der Waals surface area contributed by atoms with Gasteiger partial charge in [0.1, 0.15) is 0 Å². The van der Waals surface area contributed by atoms with Gasteiger partial charge in [0, 0.05) is 6.20 Å². The highest BCUT2D eigenvalue weighted by atomic mass is 16.5. The monoisotopic (exact) mass is 196 g/mol. The highest BCUT2D eigenvalue weighted by molar-refractivity contribution is 5.71. The van der Waals surface area contributed by atoms with Crippen LogP contribution in [0.2, 0.25) is 0 Å². The molecular formula is C10H16N2O2. The van der Waals surface area contributed by atoms with Crippen molar-refractivity contribution in [2.75, 3.05) is 7.11 Å². The standard InChI is InChI=1S/C10H16N2O2/c1-7-5-12(11-9(7)3)6-8(2)10(13)14-4/h5,8H,6H2,1-4H3. The maximum atomic E-state index is 11.1. The third-order valence-electron chi connectivity index (χ3n) is 2.26. The smallest absolute Gasteiger partial charge is 0.310 e. The number of nitrogens with zero attached hydrogens (tertiary/aromatic N) is 2. The summed E-state index contributed by atoms with van der Waals surface area (Å²) in [5.74, 6) is -0.352. The summed E-state index contributed by atoms with van der Waals surface area (Å²) < 4.78 is 6.43. The van der Waals surface area contributed by atoms with Crippen molar-refractivity contribution in [2.24, 2.45) is 5.92 Å². The molecule has 1 rings (SSSR count). The SMILES string of the molecule is COC(=O)C(C)Cn1cc(C)c(C)n1. The molecule has 0 aliphatic carbocycles. The molecule has 0 radical (unpaired) electrons. The zero-order valence-corrected chi connectivity index (χ0v) is 9.07. The van der Waals surface area contributed by atoms with Gasteiger partial charge in [-0.05, 0) is 19.4 Å². The van der Waals surface area contributed by atoms with Gasteiger partial charge in [-0.3, -0.25) is 9.48 Å². The van der Waals surface area contributed by atoms with Crippen LogP contribution in [0, 0.1) is 19.8 Å². The molecule has 14 heavy (non-hydrogen) atoms. The summed E-state index contributed by atoms with van der Waals surface area (Å²) >= 11 is 0. The van der Waals surface area contributed by atoms with Crippen molar-refractivity contribution >= 4 is 5.97 Å². The summed E-state index contributed by atoms with van der Waals surface area (Å²) in [6, 6.07) is 0. The van der Waals surface area contributed by atoms with Gasteiger partial charge in [0.25, 0.3) is 0 Å². The van der Waals surface area contributed by atoms with Crippen LogP contribution in [0.3, 0.4) is 0 Å². The van der Waals surface area contributed by atoms with Crippen molar-refractivity contribution in [3.05, 3.63) is 17.5 Å². The molecule has 1 aromatic rings. The molecule has 0 spiro atoms. The average Bonchev–Trinajstić information content (AvgIpc) is 2.44. The van der Waals surface area contributed by atoms with Crippen LogP contribution < -0.4 is 0 Å². The van der Waals surface area contributed by atoms with Crippen LogP contribution in [0.5, 0.6) is 0 Å². The Balaban J connectivity index is 2.64. The molecule has 4 heteroatoms. The van der Waals surface area contributed by atoms with Gasteiger partial charge in [-0.2, -0.15) is 5.10 Å². The lowest BCUT2D eigenvalue weighted by molar-refractivity contribution is -0.145. The van der Waals surface area contributed by atoms with Crippen LogP contribution in [0.1, 0.15) is 18.2 Å². The number of ether oxygens (including phenoxy) is 1. The molecule has 0 fully saturated rings. The molecule has 0 N–H and O–H groups in total. The Labute approximate surface area is 83.9 Å². The van der Waals surface area contributed by atoms with Crippen LogP contribution in [-0.2, 0) is 16.1 Å². The van der Waals surface area contributed by atoms with Gasteiger partial charge < -0.3 is 4.74 Å². The molecule has 1 atom stereocenters. The minimum atomic E-state index is -0.198. The summed E-state index contributed by atoms with van der Waals surface area (Å²) in [7, 11) is 1.40. The quantitative estimate of drug-likeness (QED) is 0.685. The van der Waals surface area contributed by atoms with Gasteiger partial charge in [-0.25, -0.2) is 0 Å². The van der Waals surface area contributed by atoms with Crippen LogP contribution in [0.4, 0.5) is 0 Å². The predicted octanol–water partition coefficient (Wildman–Crippen LogP) is 1.31. The Bertz CT molecular complexity index is 311. The van der Waals surface area contributed by atoms with Crippen LogP contribution in [0.15, 0.2) is 6.20 Å². The fraction of sp³-hybridized carbons (Fsp3) is 0.600. The summed E-state index contributed by atoms with van der Waals surface area (Å²) in [5, 5.41) is 4.28. The van der Waals surface area contributed by atoms with E-state index in [-0.39, 0.29) is 11.9 Å². The molecule has 0 aromatic carbocycles. The third-order valence-corrected chi connectivity index (χ3v) is 2.26. The summed E-state index contributed by atoms with van der Waals surface area (Å²) in [4.78, 5) is 11.1. The number of esters is 1. The number of carbonyl (C=O) groups is 1. The van der Waals surface area contributed by atoms with E-state index in [0.29, 0.717) is 6.54 Å². The molecule has 0 bridgehead atoms. The number of methoxy groups -OCH3 is 1. The number of aromatic nitrogens is 2. The zero-order chi connectivity index (χ0) is 10.7. The highest BCUT2D eigenvalue weighted by Gasteiger charge is 2.14. The first-order valence-electron chi connectivity index (χ1n) is 4.63. The van der Waals surface area contributed by atoms with Crippen molar-refractivity contribution < 1.29 is 9.53 Å². The second-order valence-corrected chi connectivity index (χ2v) is 3.54. The molecule has 4 nitrogen and oxygen atoms in total. The minimum absolute atomic E-state index is 0.154. The summed E-state index contributed by atoms with van der Waals surface area (Å²) in [5.41, 5.74) is 2.14. The molecule has 0 saturated heterocycles. The normalized spacial score (nSPS) is 12.6. The third kappa shape index (κ3) is 2.34. The van der Waals surface area contributed by atoms with Crippen molar-refractivity contribution in [2.45, 2.75) is 27.3 Å². The molecule has 1 aromatic heterocycles. The van der Waals surface area contributed by atoms with Gasteiger partial charge in [0.05, 0.1) is 25.3 Å². The van der Waals surface area contributed by atoms with Gasteiger partial charge in [-0.1, -0.05) is 6.92 Å². The molecule has 0 aliphatic rings. The van der Waals surface area contributed by atoms with E-state index in [1.807, 2.05) is 27.0 Å². The van der Waals surface area contributed by atoms with E-state index in [9.17, 15) is 4.79 Å². The number of hydrogen-bond donors (Lipinski definition) is 0. The first kappa shape index (κ1) is 10.8. The lowest BCUT2D eigenvalue weighted by Gasteiger charge is -2.08. The Morgan fingerprint density at radius 3 is 2.71 bits per heavy atom. The van der Waals surface area contributed by atoms with Gasteiger partial charge >= 0.3 is 5.97 Å². The van der Waals surface area contributed by atoms with Crippen LogP contribution in [0.25, 0.3) is 0 Å². The van der Waals surface area contributed by atoms with Gasteiger partial charge in [0.2, 0.25) is 0 Å². The Kier molecular flexibility index (Phi) is 3.28. The maximum absolute atomic E-state index is 11.1. The van der Waals surface area contributed by atoms with Crippen LogP contribution >= 0.6 is 0 Å². The van der Waals surface area contributed by atoms with E-state index >= 15 is 0 Å². The number of carbonyl (C=O) groups excluding carboxylic acids is 1. The zero-order valence-electron chi connectivity index (χ0n) is 9.07. The summed E-state index contributed by atoms with van der Waals surface area (Å²) in [6.45, 7) is 6.36. The molecule has 1 unspecified atom stereocenters. The number of aryl methyl sites for hydroxylation is 2. The number of hydrogen-bond acceptors (Lipinski definition) is 3. The first-order chi connectivity index (χ1) is 6.54. The predicted molar refractivity (Wildman–Crippen MR) is 52.9 cm³/mol. The van der Waals surface area contributed by atoms with Crippen molar-refractivity contribution in [3.8, 4) is 0 Å². The van der Waals surface area contributed by atoms with Gasteiger partial charge in [-0.15, -0.1) is 0 Å². The minimum Gasteiger partial charge on any atom is -0.469 e. The van der Waals surface area contributed by atoms with E-state index in [4.69, 9.17) is 0 Å². The Morgan fingerprint density at radius 1 is 1.64 bits per heavy atom.